The second-order valence-electron chi connectivity index (χ2n) is 10.3. The lowest BCUT2D eigenvalue weighted by Crippen LogP contribution is -2.49. The molecule has 7 nitrogen and oxygen atoms in total. The molecule has 206 valence electrons. The normalized spacial score (nSPS) is 20.9. The van der Waals surface area contributed by atoms with Crippen LogP contribution in [0.3, 0.4) is 0 Å². The molecule has 3 atom stereocenters. The molecule has 2 aliphatic rings. The van der Waals surface area contributed by atoms with E-state index in [2.05, 4.69) is 47.4 Å². The van der Waals surface area contributed by atoms with E-state index < -0.39 is 0 Å². The van der Waals surface area contributed by atoms with E-state index >= 15 is 0 Å². The molecule has 39 heavy (non-hydrogen) atoms. The number of carbonyl (C=O) groups is 1. The molecule has 3 aromatic rings. The number of nitrogens with zero attached hydrogens (tertiary/aromatic N) is 2. The van der Waals surface area contributed by atoms with Gasteiger partial charge in [0.15, 0.2) is 11.5 Å². The third kappa shape index (κ3) is 5.60. The summed E-state index contributed by atoms with van der Waals surface area (Å²) in [7, 11) is 6.61. The van der Waals surface area contributed by atoms with Crippen LogP contribution in [0.5, 0.6) is 17.2 Å². The summed E-state index contributed by atoms with van der Waals surface area (Å²) in [5.74, 6) is 3.00. The van der Waals surface area contributed by atoms with E-state index in [1.54, 1.807) is 28.4 Å². The molecule has 3 aromatic carbocycles. The van der Waals surface area contributed by atoms with Crippen LogP contribution in [0.2, 0.25) is 0 Å². The summed E-state index contributed by atoms with van der Waals surface area (Å²) >= 11 is 0. The number of rotatable bonds is 9. The quantitative estimate of drug-likeness (QED) is 0.395. The summed E-state index contributed by atoms with van der Waals surface area (Å²) < 4.78 is 21.8. The van der Waals surface area contributed by atoms with Gasteiger partial charge in [0.05, 0.1) is 21.3 Å². The average Bonchev–Trinajstić information content (AvgIpc) is 3.34. The fourth-order valence-corrected chi connectivity index (χ4v) is 6.31. The smallest absolute Gasteiger partial charge is 0.248 e. The summed E-state index contributed by atoms with van der Waals surface area (Å²) in [6.07, 6.45) is 0.948. The Morgan fingerprint density at radius 2 is 1.59 bits per heavy atom. The highest BCUT2D eigenvalue weighted by molar-refractivity contribution is 5.77. The fraction of sp³-hybridized carbons (Fsp3) is 0.406. The Kier molecular flexibility index (Phi) is 8.38. The molecule has 0 aromatic heterocycles. The fourth-order valence-electron chi connectivity index (χ4n) is 6.31. The third-order valence-corrected chi connectivity index (χ3v) is 8.25. The number of hydrogen-bond donors (Lipinski definition) is 0. The van der Waals surface area contributed by atoms with Crippen LogP contribution in [0.1, 0.15) is 23.5 Å². The molecule has 0 bridgehead atoms. The summed E-state index contributed by atoms with van der Waals surface area (Å²) in [5, 5.41) is 0. The van der Waals surface area contributed by atoms with Crippen molar-refractivity contribution in [2.24, 2.45) is 5.92 Å². The lowest BCUT2D eigenvalue weighted by atomic mass is 9.81. The van der Waals surface area contributed by atoms with Crippen LogP contribution in [0, 0.1) is 5.92 Å². The van der Waals surface area contributed by atoms with Gasteiger partial charge in [0, 0.05) is 56.7 Å². The Balaban J connectivity index is 1.39. The van der Waals surface area contributed by atoms with Crippen molar-refractivity contribution in [3.8, 4) is 28.4 Å². The van der Waals surface area contributed by atoms with Crippen molar-refractivity contribution in [3.05, 3.63) is 77.9 Å². The van der Waals surface area contributed by atoms with Crippen LogP contribution >= 0.6 is 0 Å². The van der Waals surface area contributed by atoms with E-state index in [0.29, 0.717) is 12.0 Å². The summed E-state index contributed by atoms with van der Waals surface area (Å²) in [4.78, 5) is 17.3. The van der Waals surface area contributed by atoms with Gasteiger partial charge >= 0.3 is 0 Å². The minimum Gasteiger partial charge on any atom is -0.496 e. The zero-order valence-corrected chi connectivity index (χ0v) is 23.3. The molecule has 0 unspecified atom stereocenters. The van der Waals surface area contributed by atoms with Crippen molar-refractivity contribution >= 4 is 5.91 Å². The molecule has 2 aliphatic heterocycles. The number of ether oxygens (including phenoxy) is 4. The van der Waals surface area contributed by atoms with Gasteiger partial charge in [-0.3, -0.25) is 9.69 Å². The predicted octanol–water partition coefficient (Wildman–Crippen LogP) is 4.84. The first-order chi connectivity index (χ1) is 19.1. The standard InChI is InChI=1S/C32H38N2O5/c1-36-21-32(35)33-16-15-28-27(20-33)26(24-13-14-30(38-3)31(17-24)39-4)19-34(28)18-22-9-11-23(12-10-22)25-7-5-6-8-29(25)37-2/h5-14,17,26-28H,15-16,18-21H2,1-4H3/t26-,27-,28-/m1/s1. The molecular weight excluding hydrogens is 492 g/mol. The Bertz CT molecular complexity index is 1280. The second-order valence-corrected chi connectivity index (χ2v) is 10.3. The minimum absolute atomic E-state index is 0.0624. The third-order valence-electron chi connectivity index (χ3n) is 8.25. The summed E-state index contributed by atoms with van der Waals surface area (Å²) in [6.45, 7) is 3.40. The zero-order chi connectivity index (χ0) is 27.4. The van der Waals surface area contributed by atoms with Gasteiger partial charge in [-0.15, -0.1) is 0 Å². The highest BCUT2D eigenvalue weighted by Crippen LogP contribution is 2.44. The van der Waals surface area contributed by atoms with Crippen molar-refractivity contribution in [1.82, 2.24) is 9.80 Å². The van der Waals surface area contributed by atoms with Gasteiger partial charge in [-0.2, -0.15) is 0 Å². The van der Waals surface area contributed by atoms with Crippen LogP contribution in [-0.4, -0.2) is 76.4 Å². The van der Waals surface area contributed by atoms with Crippen LogP contribution < -0.4 is 14.2 Å². The summed E-state index contributed by atoms with van der Waals surface area (Å²) in [5.41, 5.74) is 4.73. The zero-order valence-electron chi connectivity index (χ0n) is 23.3. The first-order valence-corrected chi connectivity index (χ1v) is 13.5. The number of likely N-dealkylation sites (tertiary alicyclic amines) is 2. The first kappa shape index (κ1) is 27.0. The maximum atomic E-state index is 12.7. The maximum Gasteiger partial charge on any atom is 0.248 e. The molecule has 0 spiro atoms. The van der Waals surface area contributed by atoms with Crippen LogP contribution in [0.25, 0.3) is 11.1 Å². The maximum absolute atomic E-state index is 12.7. The SMILES string of the molecule is COCC(=O)N1CC[C@@H]2[C@H](C1)[C@@H](c1ccc(OC)c(OC)c1)CN2Cc1ccc(-c2ccccc2OC)cc1. The van der Waals surface area contributed by atoms with E-state index in [0.717, 1.165) is 61.0 Å². The van der Waals surface area contributed by atoms with Gasteiger partial charge in [-0.05, 0) is 41.3 Å². The molecule has 5 rings (SSSR count). The number of amides is 1. The Morgan fingerprint density at radius 3 is 2.31 bits per heavy atom. The van der Waals surface area contributed by atoms with Gasteiger partial charge < -0.3 is 23.8 Å². The van der Waals surface area contributed by atoms with Gasteiger partial charge in [-0.1, -0.05) is 48.5 Å². The Labute approximate surface area is 231 Å². The molecule has 1 amide bonds. The van der Waals surface area contributed by atoms with Crippen molar-refractivity contribution < 1.29 is 23.7 Å². The van der Waals surface area contributed by atoms with Crippen molar-refractivity contribution in [1.29, 1.82) is 0 Å². The van der Waals surface area contributed by atoms with Crippen molar-refractivity contribution in [2.45, 2.75) is 24.9 Å². The van der Waals surface area contributed by atoms with E-state index in [4.69, 9.17) is 18.9 Å². The summed E-state index contributed by atoms with van der Waals surface area (Å²) in [6, 6.07) is 23.5. The highest BCUT2D eigenvalue weighted by Gasteiger charge is 2.46. The van der Waals surface area contributed by atoms with Crippen LogP contribution in [0.4, 0.5) is 0 Å². The number of benzene rings is 3. The van der Waals surface area contributed by atoms with E-state index in [1.165, 1.54) is 11.1 Å². The Morgan fingerprint density at radius 1 is 0.846 bits per heavy atom. The number of methoxy groups -OCH3 is 4. The number of carbonyl (C=O) groups excluding carboxylic acids is 1. The number of piperidine rings is 1. The second kappa shape index (κ2) is 12.1. The van der Waals surface area contributed by atoms with E-state index in [9.17, 15) is 4.79 Å². The Hall–Kier alpha value is -3.55. The number of fused-ring (bicyclic) bond motifs is 1. The largest absolute Gasteiger partial charge is 0.496 e. The molecular formula is C32H38N2O5. The molecule has 0 radical (unpaired) electrons. The van der Waals surface area contributed by atoms with E-state index in [1.807, 2.05) is 29.2 Å². The van der Waals surface area contributed by atoms with Crippen LogP contribution in [0.15, 0.2) is 66.7 Å². The topological polar surface area (TPSA) is 60.5 Å². The monoisotopic (exact) mass is 530 g/mol. The molecule has 2 fully saturated rings. The first-order valence-electron chi connectivity index (χ1n) is 13.5. The predicted molar refractivity (Wildman–Crippen MR) is 151 cm³/mol. The lowest BCUT2D eigenvalue weighted by Gasteiger charge is -2.39. The van der Waals surface area contributed by atoms with Crippen molar-refractivity contribution in [2.75, 3.05) is 54.7 Å². The molecule has 0 N–H and O–H groups in total. The molecule has 7 heteroatoms. The highest BCUT2D eigenvalue weighted by atomic mass is 16.5. The molecule has 2 heterocycles. The number of para-hydroxylation sites is 1. The average molecular weight is 531 g/mol. The van der Waals surface area contributed by atoms with Crippen LogP contribution in [-0.2, 0) is 16.1 Å². The number of hydrogen-bond acceptors (Lipinski definition) is 6. The van der Waals surface area contributed by atoms with E-state index in [-0.39, 0.29) is 18.4 Å². The van der Waals surface area contributed by atoms with Crippen molar-refractivity contribution in [3.63, 3.8) is 0 Å². The molecule has 0 aliphatic carbocycles. The molecule has 2 saturated heterocycles. The lowest BCUT2D eigenvalue weighted by molar-refractivity contribution is -0.137. The van der Waals surface area contributed by atoms with Gasteiger partial charge in [0.2, 0.25) is 5.91 Å². The molecule has 0 saturated carbocycles. The van der Waals surface area contributed by atoms with Gasteiger partial charge in [0.25, 0.3) is 0 Å². The minimum atomic E-state index is 0.0624. The van der Waals surface area contributed by atoms with Gasteiger partial charge in [-0.25, -0.2) is 0 Å². The van der Waals surface area contributed by atoms with Gasteiger partial charge in [0.1, 0.15) is 12.4 Å².